The Balaban J connectivity index is 1.80. The molecule has 2 heterocycles. The van der Waals surface area contributed by atoms with Crippen LogP contribution in [-0.4, -0.2) is 28.8 Å². The van der Waals surface area contributed by atoms with Crippen molar-refractivity contribution in [2.45, 2.75) is 45.3 Å². The number of piperidine rings is 1. The Morgan fingerprint density at radius 1 is 1.03 bits per heavy atom. The molecule has 33 heavy (non-hydrogen) atoms. The lowest BCUT2D eigenvalue weighted by molar-refractivity contribution is -0.137. The smallest absolute Gasteiger partial charge is 0.370 e. The Kier molecular flexibility index (Phi) is 6.14. The van der Waals surface area contributed by atoms with Crippen LogP contribution in [0.5, 0.6) is 0 Å². The van der Waals surface area contributed by atoms with E-state index in [0.717, 1.165) is 31.4 Å². The molecular formula is C24H25F3N4O2. The van der Waals surface area contributed by atoms with Gasteiger partial charge in [-0.1, -0.05) is 18.2 Å². The van der Waals surface area contributed by atoms with Crippen molar-refractivity contribution in [2.75, 3.05) is 23.3 Å². The fraction of sp³-hybridized carbons (Fsp3) is 0.375. The SMILES string of the molecule is CC(C)n1nc(C(=O)Nc2cc(C(F)(F)F)ccc2N2CCCCC2)c2ccccc2c1=O. The molecule has 6 nitrogen and oxygen atoms in total. The Bertz CT molecular complexity index is 1240. The highest BCUT2D eigenvalue weighted by atomic mass is 19.4. The lowest BCUT2D eigenvalue weighted by Gasteiger charge is -2.31. The van der Waals surface area contributed by atoms with E-state index in [1.54, 1.807) is 38.1 Å². The van der Waals surface area contributed by atoms with Gasteiger partial charge in [0.2, 0.25) is 0 Å². The molecule has 1 fully saturated rings. The van der Waals surface area contributed by atoms with Crippen molar-refractivity contribution in [3.63, 3.8) is 0 Å². The standard InChI is InChI=1S/C24H25F3N4O2/c1-15(2)31-23(33)18-9-5-4-8-17(18)21(29-31)22(32)28-19-14-16(24(25,26)27)10-11-20(19)30-12-6-3-7-13-30/h4-5,8-11,14-15H,3,6-7,12-13H2,1-2H3,(H,28,32). The first-order chi connectivity index (χ1) is 15.7. The van der Waals surface area contributed by atoms with E-state index < -0.39 is 17.6 Å². The van der Waals surface area contributed by atoms with Crippen molar-refractivity contribution in [3.05, 3.63) is 64.1 Å². The first kappa shape index (κ1) is 22.8. The first-order valence-corrected chi connectivity index (χ1v) is 11.0. The molecule has 0 aliphatic carbocycles. The predicted molar refractivity (Wildman–Crippen MR) is 122 cm³/mol. The molecule has 0 saturated carbocycles. The molecular weight excluding hydrogens is 433 g/mol. The number of aromatic nitrogens is 2. The number of benzene rings is 2. The number of alkyl halides is 3. The number of fused-ring (bicyclic) bond motifs is 1. The fourth-order valence-corrected chi connectivity index (χ4v) is 4.13. The minimum Gasteiger partial charge on any atom is -0.370 e. The number of carbonyl (C=O) groups is 1. The maximum absolute atomic E-state index is 13.4. The highest BCUT2D eigenvalue weighted by Gasteiger charge is 2.32. The maximum atomic E-state index is 13.4. The molecule has 3 aromatic rings. The third-order valence-electron chi connectivity index (χ3n) is 5.80. The van der Waals surface area contributed by atoms with Gasteiger partial charge < -0.3 is 10.2 Å². The Morgan fingerprint density at radius 3 is 2.33 bits per heavy atom. The van der Waals surface area contributed by atoms with Crippen LogP contribution in [0, 0.1) is 0 Å². The number of hydrogen-bond donors (Lipinski definition) is 1. The summed E-state index contributed by atoms with van der Waals surface area (Å²) in [6, 6.07) is 9.70. The summed E-state index contributed by atoms with van der Waals surface area (Å²) in [6.45, 7) is 4.94. The summed E-state index contributed by atoms with van der Waals surface area (Å²) in [7, 11) is 0. The van der Waals surface area contributed by atoms with E-state index in [1.807, 2.05) is 4.90 Å². The van der Waals surface area contributed by atoms with Gasteiger partial charge in [0.1, 0.15) is 0 Å². The molecule has 1 aromatic heterocycles. The van der Waals surface area contributed by atoms with Crippen LogP contribution in [0.3, 0.4) is 0 Å². The van der Waals surface area contributed by atoms with Gasteiger partial charge in [0.15, 0.2) is 5.69 Å². The van der Waals surface area contributed by atoms with Crippen molar-refractivity contribution >= 4 is 28.1 Å². The molecule has 174 valence electrons. The van der Waals surface area contributed by atoms with E-state index >= 15 is 0 Å². The lowest BCUT2D eigenvalue weighted by atomic mass is 10.1. The van der Waals surface area contributed by atoms with Crippen LogP contribution in [0.15, 0.2) is 47.3 Å². The van der Waals surface area contributed by atoms with Crippen LogP contribution in [0.25, 0.3) is 10.8 Å². The number of rotatable bonds is 4. The normalized spacial score (nSPS) is 14.7. The van der Waals surface area contributed by atoms with Crippen LogP contribution in [0.1, 0.15) is 55.2 Å². The molecule has 2 aromatic carbocycles. The summed E-state index contributed by atoms with van der Waals surface area (Å²) in [5, 5.41) is 7.60. The maximum Gasteiger partial charge on any atom is 0.416 e. The Hall–Kier alpha value is -3.36. The van der Waals surface area contributed by atoms with Crippen LogP contribution >= 0.6 is 0 Å². The highest BCUT2D eigenvalue weighted by Crippen LogP contribution is 2.36. The number of nitrogens with zero attached hydrogens (tertiary/aromatic N) is 3. The van der Waals surface area contributed by atoms with Crippen molar-refractivity contribution in [1.29, 1.82) is 0 Å². The number of amides is 1. The molecule has 9 heteroatoms. The topological polar surface area (TPSA) is 67.2 Å². The summed E-state index contributed by atoms with van der Waals surface area (Å²) >= 11 is 0. The predicted octanol–water partition coefficient (Wildman–Crippen LogP) is 5.24. The van der Waals surface area contributed by atoms with E-state index in [9.17, 15) is 22.8 Å². The zero-order chi connectivity index (χ0) is 23.8. The van der Waals surface area contributed by atoms with Gasteiger partial charge in [-0.05, 0) is 57.4 Å². The Morgan fingerprint density at radius 2 is 1.70 bits per heavy atom. The summed E-state index contributed by atoms with van der Waals surface area (Å²) in [5.74, 6) is -0.668. The van der Waals surface area contributed by atoms with Crippen molar-refractivity contribution < 1.29 is 18.0 Å². The van der Waals surface area contributed by atoms with Crippen molar-refractivity contribution in [1.82, 2.24) is 9.78 Å². The lowest BCUT2D eigenvalue weighted by Crippen LogP contribution is -2.31. The van der Waals surface area contributed by atoms with Crippen molar-refractivity contribution in [3.8, 4) is 0 Å². The van der Waals surface area contributed by atoms with Gasteiger partial charge in [0, 0.05) is 18.5 Å². The van der Waals surface area contributed by atoms with Crippen LogP contribution < -0.4 is 15.8 Å². The molecule has 1 saturated heterocycles. The second kappa shape index (κ2) is 8.88. The third kappa shape index (κ3) is 4.58. The number of halogens is 3. The zero-order valence-corrected chi connectivity index (χ0v) is 18.4. The molecule has 1 amide bonds. The number of carbonyl (C=O) groups excluding carboxylic acids is 1. The molecule has 0 atom stereocenters. The second-order valence-electron chi connectivity index (χ2n) is 8.47. The molecule has 1 aliphatic heterocycles. The second-order valence-corrected chi connectivity index (χ2v) is 8.47. The van der Waals surface area contributed by atoms with E-state index in [-0.39, 0.29) is 23.0 Å². The molecule has 1 aliphatic rings. The number of hydrogen-bond acceptors (Lipinski definition) is 4. The van der Waals surface area contributed by atoms with Gasteiger partial charge in [0.25, 0.3) is 11.5 Å². The van der Waals surface area contributed by atoms with Gasteiger partial charge in [0.05, 0.1) is 28.4 Å². The van der Waals surface area contributed by atoms with Gasteiger partial charge in [-0.15, -0.1) is 0 Å². The van der Waals surface area contributed by atoms with Gasteiger partial charge in [-0.3, -0.25) is 9.59 Å². The van der Waals surface area contributed by atoms with Crippen LogP contribution in [0.2, 0.25) is 0 Å². The van der Waals surface area contributed by atoms with Crippen LogP contribution in [0.4, 0.5) is 24.5 Å². The van der Waals surface area contributed by atoms with E-state index in [4.69, 9.17) is 0 Å². The molecule has 0 radical (unpaired) electrons. The van der Waals surface area contributed by atoms with Gasteiger partial charge >= 0.3 is 6.18 Å². The van der Waals surface area contributed by atoms with Gasteiger partial charge in [-0.2, -0.15) is 18.3 Å². The van der Waals surface area contributed by atoms with Crippen LogP contribution in [-0.2, 0) is 6.18 Å². The minimum absolute atomic E-state index is 0.0131. The molecule has 0 bridgehead atoms. The fourth-order valence-electron chi connectivity index (χ4n) is 4.13. The first-order valence-electron chi connectivity index (χ1n) is 11.0. The summed E-state index contributed by atoms with van der Waals surface area (Å²) in [6.07, 6.45) is -1.62. The van der Waals surface area contributed by atoms with Gasteiger partial charge in [-0.25, -0.2) is 4.68 Å². The number of nitrogens with one attached hydrogen (secondary N) is 1. The molecule has 0 spiro atoms. The molecule has 0 unspecified atom stereocenters. The summed E-state index contributed by atoms with van der Waals surface area (Å²) < 4.78 is 41.5. The van der Waals surface area contributed by atoms with Crippen molar-refractivity contribution in [2.24, 2.45) is 0 Å². The Labute approximate surface area is 189 Å². The minimum atomic E-state index is -4.55. The summed E-state index contributed by atoms with van der Waals surface area (Å²) in [5.41, 5.74) is -0.572. The quantitative estimate of drug-likeness (QED) is 0.581. The molecule has 1 N–H and O–H groups in total. The highest BCUT2D eigenvalue weighted by molar-refractivity contribution is 6.12. The summed E-state index contributed by atoms with van der Waals surface area (Å²) in [4.78, 5) is 28.1. The monoisotopic (exact) mass is 458 g/mol. The third-order valence-corrected chi connectivity index (χ3v) is 5.80. The molecule has 4 rings (SSSR count). The average Bonchev–Trinajstić information content (AvgIpc) is 2.79. The number of anilines is 2. The average molecular weight is 458 g/mol. The van der Waals surface area contributed by atoms with E-state index in [1.165, 1.54) is 10.7 Å². The zero-order valence-electron chi connectivity index (χ0n) is 18.4. The van der Waals surface area contributed by atoms with E-state index in [0.29, 0.717) is 29.5 Å². The largest absolute Gasteiger partial charge is 0.416 e. The van der Waals surface area contributed by atoms with E-state index in [2.05, 4.69) is 10.4 Å².